The van der Waals surface area contributed by atoms with Gasteiger partial charge in [0.15, 0.2) is 0 Å². The van der Waals surface area contributed by atoms with E-state index in [0.29, 0.717) is 26.1 Å². The second-order valence-electron chi connectivity index (χ2n) is 8.63. The van der Waals surface area contributed by atoms with Gasteiger partial charge in [0.05, 0.1) is 11.0 Å². The summed E-state index contributed by atoms with van der Waals surface area (Å²) in [7, 11) is 0. The number of aromatic nitrogens is 2. The number of fused-ring (bicyclic) bond motifs is 1. The molecule has 0 saturated carbocycles. The lowest BCUT2D eigenvalue weighted by Crippen LogP contribution is -2.34. The quantitative estimate of drug-likeness (QED) is 0.258. The second-order valence-corrected chi connectivity index (χ2v) is 8.63. The number of para-hydroxylation sites is 2. The van der Waals surface area contributed by atoms with Crippen molar-refractivity contribution in [1.82, 2.24) is 19.8 Å². The third-order valence-corrected chi connectivity index (χ3v) is 5.96. The number of carbonyl (C=O) groups excluding carboxylic acids is 2. The molecule has 0 radical (unpaired) electrons. The van der Waals surface area contributed by atoms with E-state index in [-0.39, 0.29) is 18.4 Å². The number of hydrogen-bond donors (Lipinski definition) is 1. The van der Waals surface area contributed by atoms with E-state index in [2.05, 4.69) is 18.5 Å². The van der Waals surface area contributed by atoms with Crippen LogP contribution in [0.1, 0.15) is 37.1 Å². The van der Waals surface area contributed by atoms with Crippen molar-refractivity contribution in [1.29, 1.82) is 0 Å². The first-order valence-electron chi connectivity index (χ1n) is 12.4. The molecule has 2 aromatic carbocycles. The standard InChI is InChI=1S/C29H36N4O2/c1-3-21-32(22-4-2)29(35)23-33-26-16-11-10-15-25(26)31-27(33)17-9-6-12-20-30-28(34)19-18-24-13-7-5-8-14-24/h3-5,7-8,10-11,13-16H,1-2,6,9,12,17-23H2,(H,30,34). The zero-order valence-electron chi connectivity index (χ0n) is 20.5. The van der Waals surface area contributed by atoms with Crippen LogP contribution in [0.5, 0.6) is 0 Å². The monoisotopic (exact) mass is 472 g/mol. The highest BCUT2D eigenvalue weighted by atomic mass is 16.2. The van der Waals surface area contributed by atoms with Crippen LogP contribution in [0.15, 0.2) is 79.9 Å². The SMILES string of the molecule is C=CCN(CC=C)C(=O)Cn1c(CCCCCNC(=O)CCc2ccccc2)nc2ccccc21. The molecular weight excluding hydrogens is 436 g/mol. The summed E-state index contributed by atoms with van der Waals surface area (Å²) in [6.45, 7) is 9.42. The number of rotatable bonds is 15. The molecule has 6 heteroatoms. The van der Waals surface area contributed by atoms with Gasteiger partial charge in [-0.15, -0.1) is 13.2 Å². The topological polar surface area (TPSA) is 67.2 Å². The van der Waals surface area contributed by atoms with E-state index in [0.717, 1.165) is 49.0 Å². The fourth-order valence-corrected chi connectivity index (χ4v) is 4.12. The number of hydrogen-bond acceptors (Lipinski definition) is 3. The van der Waals surface area contributed by atoms with E-state index in [1.807, 2.05) is 59.2 Å². The largest absolute Gasteiger partial charge is 0.356 e. The Kier molecular flexibility index (Phi) is 10.3. The number of nitrogens with one attached hydrogen (secondary N) is 1. The summed E-state index contributed by atoms with van der Waals surface area (Å²) < 4.78 is 2.03. The highest BCUT2D eigenvalue weighted by Crippen LogP contribution is 2.18. The highest BCUT2D eigenvalue weighted by molar-refractivity contribution is 5.81. The van der Waals surface area contributed by atoms with Gasteiger partial charge in [0.2, 0.25) is 11.8 Å². The van der Waals surface area contributed by atoms with Gasteiger partial charge in [-0.1, -0.05) is 61.0 Å². The third kappa shape index (κ3) is 7.95. The second kappa shape index (κ2) is 13.9. The lowest BCUT2D eigenvalue weighted by Gasteiger charge is -2.20. The van der Waals surface area contributed by atoms with Crippen LogP contribution in [0.25, 0.3) is 11.0 Å². The average molecular weight is 473 g/mol. The Morgan fingerprint density at radius 3 is 2.37 bits per heavy atom. The van der Waals surface area contributed by atoms with Gasteiger partial charge in [-0.2, -0.15) is 0 Å². The Balaban J connectivity index is 1.48. The van der Waals surface area contributed by atoms with Gasteiger partial charge in [-0.05, 0) is 37.0 Å². The highest BCUT2D eigenvalue weighted by Gasteiger charge is 2.17. The van der Waals surface area contributed by atoms with E-state index in [9.17, 15) is 9.59 Å². The molecule has 0 aliphatic carbocycles. The van der Waals surface area contributed by atoms with Crippen LogP contribution in [0.3, 0.4) is 0 Å². The Labute approximate surface area is 208 Å². The minimum atomic E-state index is 0.0208. The molecule has 1 aromatic heterocycles. The Morgan fingerprint density at radius 2 is 1.63 bits per heavy atom. The number of imidazole rings is 1. The molecule has 35 heavy (non-hydrogen) atoms. The molecule has 0 aliphatic heterocycles. The summed E-state index contributed by atoms with van der Waals surface area (Å²) in [5.74, 6) is 1.04. The zero-order chi connectivity index (χ0) is 24.9. The van der Waals surface area contributed by atoms with Crippen molar-refractivity contribution in [3.63, 3.8) is 0 Å². The van der Waals surface area contributed by atoms with E-state index < -0.39 is 0 Å². The zero-order valence-corrected chi connectivity index (χ0v) is 20.5. The predicted octanol–water partition coefficient (Wildman–Crippen LogP) is 4.70. The molecule has 1 N–H and O–H groups in total. The van der Waals surface area contributed by atoms with Gasteiger partial charge in [0.25, 0.3) is 0 Å². The van der Waals surface area contributed by atoms with Crippen LogP contribution in [0, 0.1) is 0 Å². The smallest absolute Gasteiger partial charge is 0.243 e. The van der Waals surface area contributed by atoms with Crippen molar-refractivity contribution in [2.45, 2.75) is 45.1 Å². The Morgan fingerprint density at radius 1 is 0.914 bits per heavy atom. The van der Waals surface area contributed by atoms with Crippen molar-refractivity contribution in [3.8, 4) is 0 Å². The van der Waals surface area contributed by atoms with Gasteiger partial charge in [-0.25, -0.2) is 4.98 Å². The maximum Gasteiger partial charge on any atom is 0.243 e. The predicted molar refractivity (Wildman–Crippen MR) is 142 cm³/mol. The fraction of sp³-hybridized carbons (Fsp3) is 0.345. The number of carbonyl (C=O) groups is 2. The van der Waals surface area contributed by atoms with E-state index in [1.54, 1.807) is 17.1 Å². The van der Waals surface area contributed by atoms with Crippen molar-refractivity contribution < 1.29 is 9.59 Å². The summed E-state index contributed by atoms with van der Waals surface area (Å²) in [6.07, 6.45) is 8.37. The fourth-order valence-electron chi connectivity index (χ4n) is 4.12. The van der Waals surface area contributed by atoms with Crippen molar-refractivity contribution >= 4 is 22.8 Å². The third-order valence-electron chi connectivity index (χ3n) is 5.96. The first kappa shape index (κ1) is 25.9. The minimum Gasteiger partial charge on any atom is -0.356 e. The minimum absolute atomic E-state index is 0.0208. The molecule has 0 unspecified atom stereocenters. The molecule has 0 spiro atoms. The maximum atomic E-state index is 13.0. The normalized spacial score (nSPS) is 10.7. The van der Waals surface area contributed by atoms with Gasteiger partial charge in [0, 0.05) is 32.5 Å². The molecule has 0 bridgehead atoms. The van der Waals surface area contributed by atoms with E-state index in [4.69, 9.17) is 4.98 Å². The molecule has 0 saturated heterocycles. The first-order valence-corrected chi connectivity index (χ1v) is 12.4. The summed E-state index contributed by atoms with van der Waals surface area (Å²) >= 11 is 0. The molecule has 0 aliphatic rings. The molecule has 184 valence electrons. The summed E-state index contributed by atoms with van der Waals surface area (Å²) in [5.41, 5.74) is 3.06. The average Bonchev–Trinajstić information content (AvgIpc) is 3.22. The molecular formula is C29H36N4O2. The summed E-state index contributed by atoms with van der Waals surface area (Å²) in [4.78, 5) is 31.6. The number of benzene rings is 2. The lowest BCUT2D eigenvalue weighted by atomic mass is 10.1. The number of nitrogens with zero attached hydrogens (tertiary/aromatic N) is 3. The number of unbranched alkanes of at least 4 members (excludes halogenated alkanes) is 2. The van der Waals surface area contributed by atoms with Crippen LogP contribution in [-0.2, 0) is 29.0 Å². The van der Waals surface area contributed by atoms with Gasteiger partial charge >= 0.3 is 0 Å². The van der Waals surface area contributed by atoms with E-state index in [1.165, 1.54) is 5.56 Å². The lowest BCUT2D eigenvalue weighted by molar-refractivity contribution is -0.130. The molecule has 0 atom stereocenters. The number of aryl methyl sites for hydroxylation is 2. The Hall–Kier alpha value is -3.67. The summed E-state index contributed by atoms with van der Waals surface area (Å²) in [6, 6.07) is 18.0. The van der Waals surface area contributed by atoms with Crippen LogP contribution in [0.2, 0.25) is 0 Å². The van der Waals surface area contributed by atoms with E-state index >= 15 is 0 Å². The van der Waals surface area contributed by atoms with Crippen LogP contribution >= 0.6 is 0 Å². The molecule has 1 heterocycles. The van der Waals surface area contributed by atoms with Crippen molar-refractivity contribution in [3.05, 3.63) is 91.3 Å². The van der Waals surface area contributed by atoms with Gasteiger partial charge in [-0.3, -0.25) is 9.59 Å². The Bertz CT molecular complexity index is 1110. The van der Waals surface area contributed by atoms with Crippen LogP contribution in [0.4, 0.5) is 0 Å². The molecule has 0 fully saturated rings. The van der Waals surface area contributed by atoms with Crippen LogP contribution in [-0.4, -0.2) is 45.9 Å². The molecule has 2 amide bonds. The molecule has 3 rings (SSSR count). The van der Waals surface area contributed by atoms with Gasteiger partial charge < -0.3 is 14.8 Å². The van der Waals surface area contributed by atoms with Crippen LogP contribution < -0.4 is 5.32 Å². The molecule has 6 nitrogen and oxygen atoms in total. The van der Waals surface area contributed by atoms with Crippen molar-refractivity contribution in [2.24, 2.45) is 0 Å². The first-order chi connectivity index (χ1) is 17.1. The van der Waals surface area contributed by atoms with Gasteiger partial charge in [0.1, 0.15) is 12.4 Å². The number of amides is 2. The summed E-state index contributed by atoms with van der Waals surface area (Å²) in [5, 5.41) is 3.02. The molecule has 3 aromatic rings. The maximum absolute atomic E-state index is 13.0. The van der Waals surface area contributed by atoms with Crippen molar-refractivity contribution in [2.75, 3.05) is 19.6 Å².